The van der Waals surface area contributed by atoms with Crippen molar-refractivity contribution in [1.29, 1.82) is 0 Å². The molecule has 0 bridgehead atoms. The number of halogens is 2. The molecule has 1 amide bonds. The second-order valence-corrected chi connectivity index (χ2v) is 5.07. The van der Waals surface area contributed by atoms with E-state index in [0.717, 1.165) is 25.7 Å². The minimum Gasteiger partial charge on any atom is -0.357 e. The van der Waals surface area contributed by atoms with E-state index in [1.54, 1.807) is 7.05 Å². The molecular weight excluding hydrogens is 275 g/mol. The first-order valence-corrected chi connectivity index (χ1v) is 6.51. The van der Waals surface area contributed by atoms with Gasteiger partial charge < -0.3 is 10.6 Å². The van der Waals surface area contributed by atoms with Gasteiger partial charge in [-0.25, -0.2) is 4.98 Å². The van der Waals surface area contributed by atoms with E-state index in [1.165, 1.54) is 6.20 Å². The molecule has 1 aliphatic carbocycles. The van der Waals surface area contributed by atoms with E-state index in [2.05, 4.69) is 20.6 Å². The van der Waals surface area contributed by atoms with E-state index in [0.29, 0.717) is 10.8 Å². The van der Waals surface area contributed by atoms with Crippen LogP contribution in [0, 0.1) is 0 Å². The summed E-state index contributed by atoms with van der Waals surface area (Å²) < 4.78 is 0. The third-order valence-corrected chi connectivity index (χ3v) is 3.65. The molecule has 0 radical (unpaired) electrons. The van der Waals surface area contributed by atoms with Crippen molar-refractivity contribution in [1.82, 2.24) is 15.3 Å². The Morgan fingerprint density at radius 3 is 2.67 bits per heavy atom. The van der Waals surface area contributed by atoms with E-state index >= 15 is 0 Å². The van der Waals surface area contributed by atoms with Crippen LogP contribution in [0.1, 0.15) is 25.7 Å². The zero-order chi connectivity index (χ0) is 13.2. The standard InChI is InChI=1S/C11H14Cl2N4O/c1-14-9(18)11(4-2-3-5-11)17-8-7(12)6-15-10(13)16-8/h6H,2-5H2,1H3,(H,14,18)(H,15,16,17). The molecule has 2 N–H and O–H groups in total. The summed E-state index contributed by atoms with van der Waals surface area (Å²) in [6.45, 7) is 0. The molecule has 1 saturated carbocycles. The lowest BCUT2D eigenvalue weighted by molar-refractivity contribution is -0.124. The Labute approximate surface area is 115 Å². The largest absolute Gasteiger partial charge is 0.357 e. The number of hydrogen-bond acceptors (Lipinski definition) is 4. The molecule has 1 heterocycles. The summed E-state index contributed by atoms with van der Waals surface area (Å²) in [5, 5.41) is 6.28. The monoisotopic (exact) mass is 288 g/mol. The molecular formula is C11H14Cl2N4O. The van der Waals surface area contributed by atoms with Crippen LogP contribution in [0.15, 0.2) is 6.20 Å². The van der Waals surface area contributed by atoms with Crippen LogP contribution < -0.4 is 10.6 Å². The van der Waals surface area contributed by atoms with Gasteiger partial charge in [0.1, 0.15) is 10.6 Å². The Morgan fingerprint density at radius 1 is 1.39 bits per heavy atom. The van der Waals surface area contributed by atoms with Crippen molar-refractivity contribution in [2.45, 2.75) is 31.2 Å². The van der Waals surface area contributed by atoms with Crippen LogP contribution in [0.25, 0.3) is 0 Å². The third-order valence-electron chi connectivity index (χ3n) is 3.19. The predicted molar refractivity (Wildman–Crippen MR) is 70.9 cm³/mol. The van der Waals surface area contributed by atoms with Gasteiger partial charge in [-0.3, -0.25) is 4.79 Å². The summed E-state index contributed by atoms with van der Waals surface area (Å²) in [5.41, 5.74) is -0.643. The highest BCUT2D eigenvalue weighted by Gasteiger charge is 2.41. The van der Waals surface area contributed by atoms with Crippen molar-refractivity contribution in [3.63, 3.8) is 0 Å². The predicted octanol–water partition coefficient (Wildman–Crippen LogP) is 2.25. The van der Waals surface area contributed by atoms with Crippen molar-refractivity contribution in [3.05, 3.63) is 16.5 Å². The van der Waals surface area contributed by atoms with Gasteiger partial charge in [0.25, 0.3) is 0 Å². The Hall–Kier alpha value is -1.07. The van der Waals surface area contributed by atoms with Gasteiger partial charge in [-0.15, -0.1) is 0 Å². The SMILES string of the molecule is CNC(=O)C1(Nc2nc(Cl)ncc2Cl)CCCC1. The maximum absolute atomic E-state index is 12.0. The Kier molecular flexibility index (Phi) is 3.92. The highest BCUT2D eigenvalue weighted by Crippen LogP contribution is 2.34. The summed E-state index contributed by atoms with van der Waals surface area (Å²) in [5.74, 6) is 0.355. The van der Waals surface area contributed by atoms with Gasteiger partial charge in [-0.2, -0.15) is 4.98 Å². The molecule has 5 nitrogen and oxygen atoms in total. The Bertz CT molecular complexity index is 460. The molecule has 0 aliphatic heterocycles. The van der Waals surface area contributed by atoms with E-state index in [-0.39, 0.29) is 11.2 Å². The zero-order valence-corrected chi connectivity index (χ0v) is 11.5. The molecule has 2 rings (SSSR count). The maximum Gasteiger partial charge on any atom is 0.245 e. The lowest BCUT2D eigenvalue weighted by Gasteiger charge is -2.29. The smallest absolute Gasteiger partial charge is 0.245 e. The molecule has 0 unspecified atom stereocenters. The number of nitrogens with zero attached hydrogens (tertiary/aromatic N) is 2. The van der Waals surface area contributed by atoms with Gasteiger partial charge >= 0.3 is 0 Å². The molecule has 1 aliphatic rings. The molecule has 0 atom stereocenters. The van der Waals surface area contributed by atoms with Crippen LogP contribution in [-0.2, 0) is 4.79 Å². The van der Waals surface area contributed by atoms with Gasteiger partial charge in [0.15, 0.2) is 5.82 Å². The number of nitrogens with one attached hydrogen (secondary N) is 2. The van der Waals surface area contributed by atoms with Crippen LogP contribution in [0.4, 0.5) is 5.82 Å². The van der Waals surface area contributed by atoms with Crippen molar-refractivity contribution in [3.8, 4) is 0 Å². The number of amides is 1. The average molecular weight is 289 g/mol. The molecule has 1 aromatic rings. The topological polar surface area (TPSA) is 66.9 Å². The second kappa shape index (κ2) is 5.28. The third kappa shape index (κ3) is 2.52. The molecule has 98 valence electrons. The van der Waals surface area contributed by atoms with Crippen molar-refractivity contribution in [2.24, 2.45) is 0 Å². The fourth-order valence-corrected chi connectivity index (χ4v) is 2.56. The Morgan fingerprint density at radius 2 is 2.06 bits per heavy atom. The highest BCUT2D eigenvalue weighted by molar-refractivity contribution is 6.33. The average Bonchev–Trinajstić information content (AvgIpc) is 2.82. The first-order valence-electron chi connectivity index (χ1n) is 5.76. The number of anilines is 1. The van der Waals surface area contributed by atoms with E-state index in [9.17, 15) is 4.79 Å². The number of carbonyl (C=O) groups excluding carboxylic acids is 1. The van der Waals surface area contributed by atoms with Crippen LogP contribution in [-0.4, -0.2) is 28.5 Å². The number of likely N-dealkylation sites (N-methyl/N-ethyl adjacent to an activating group) is 1. The maximum atomic E-state index is 12.0. The normalized spacial score (nSPS) is 17.5. The number of aromatic nitrogens is 2. The van der Waals surface area contributed by atoms with Crippen molar-refractivity contribution in [2.75, 3.05) is 12.4 Å². The molecule has 0 aromatic carbocycles. The number of rotatable bonds is 3. The van der Waals surface area contributed by atoms with Gasteiger partial charge in [0.05, 0.1) is 6.20 Å². The quantitative estimate of drug-likeness (QED) is 0.838. The number of carbonyl (C=O) groups is 1. The highest BCUT2D eigenvalue weighted by atomic mass is 35.5. The van der Waals surface area contributed by atoms with Crippen molar-refractivity contribution >= 4 is 34.9 Å². The van der Waals surface area contributed by atoms with Gasteiger partial charge in [-0.1, -0.05) is 24.4 Å². The zero-order valence-electron chi connectivity index (χ0n) is 9.96. The van der Waals surface area contributed by atoms with Gasteiger partial charge in [0.2, 0.25) is 11.2 Å². The van der Waals surface area contributed by atoms with E-state index < -0.39 is 5.54 Å². The lowest BCUT2D eigenvalue weighted by atomic mass is 9.96. The molecule has 0 spiro atoms. The van der Waals surface area contributed by atoms with Crippen LogP contribution in [0.5, 0.6) is 0 Å². The molecule has 1 aromatic heterocycles. The summed E-state index contributed by atoms with van der Waals surface area (Å²) in [4.78, 5) is 19.9. The molecule has 7 heteroatoms. The van der Waals surface area contributed by atoms with Crippen LogP contribution in [0.3, 0.4) is 0 Å². The fourth-order valence-electron chi connectivity index (χ4n) is 2.29. The fraction of sp³-hybridized carbons (Fsp3) is 0.545. The second-order valence-electron chi connectivity index (χ2n) is 4.33. The Balaban J connectivity index is 2.29. The molecule has 18 heavy (non-hydrogen) atoms. The first-order chi connectivity index (χ1) is 8.57. The summed E-state index contributed by atoms with van der Waals surface area (Å²) in [6, 6.07) is 0. The van der Waals surface area contributed by atoms with Gasteiger partial charge in [-0.05, 0) is 24.4 Å². The minimum absolute atomic E-state index is 0.0502. The van der Waals surface area contributed by atoms with Gasteiger partial charge in [0, 0.05) is 7.05 Å². The minimum atomic E-state index is -0.643. The van der Waals surface area contributed by atoms with E-state index in [4.69, 9.17) is 23.2 Å². The first kappa shape index (κ1) is 13.4. The lowest BCUT2D eigenvalue weighted by Crippen LogP contribution is -2.49. The van der Waals surface area contributed by atoms with E-state index in [1.807, 2.05) is 0 Å². The van der Waals surface area contributed by atoms with Crippen LogP contribution in [0.2, 0.25) is 10.3 Å². The summed E-state index contributed by atoms with van der Waals surface area (Å²) in [6.07, 6.45) is 4.93. The summed E-state index contributed by atoms with van der Waals surface area (Å²) in [7, 11) is 1.62. The number of hydrogen-bond donors (Lipinski definition) is 2. The molecule has 0 saturated heterocycles. The van der Waals surface area contributed by atoms with Crippen molar-refractivity contribution < 1.29 is 4.79 Å². The molecule has 1 fully saturated rings. The summed E-state index contributed by atoms with van der Waals surface area (Å²) >= 11 is 11.7. The van der Waals surface area contributed by atoms with Crippen LogP contribution >= 0.6 is 23.2 Å².